The molecule has 2 aliphatic carbocycles. The van der Waals surface area contributed by atoms with Gasteiger partial charge in [-0.15, -0.1) is 0 Å². The predicted molar refractivity (Wildman–Crippen MR) is 77.9 cm³/mol. The van der Waals surface area contributed by atoms with Gasteiger partial charge < -0.3 is 20.1 Å². The van der Waals surface area contributed by atoms with Crippen LogP contribution in [-0.4, -0.2) is 44.3 Å². The van der Waals surface area contributed by atoms with Crippen molar-refractivity contribution in [1.29, 1.82) is 0 Å². The second kappa shape index (κ2) is 7.47. The standard InChI is InChI=1S/C15H24N2O5/c1-9(12-6-10-3-4-11(12)5-10)17-13(18)8-22-14(19)7-16-15(20)21-2/h9-12H,3-8H2,1-2H3,(H,16,20)(H,17,18)/t9-,10+,11+,12-/m1/s1. The van der Waals surface area contributed by atoms with E-state index in [-0.39, 0.29) is 25.1 Å². The SMILES string of the molecule is COC(=O)NCC(=O)OCC(=O)N[C@H](C)[C@H]1C[C@H]2CC[C@H]1C2. The van der Waals surface area contributed by atoms with Gasteiger partial charge in [-0.3, -0.25) is 9.59 Å². The second-order valence-corrected chi connectivity index (χ2v) is 6.20. The number of rotatable bonds is 6. The third-order valence-corrected chi connectivity index (χ3v) is 4.75. The van der Waals surface area contributed by atoms with Gasteiger partial charge in [0.2, 0.25) is 0 Å². The second-order valence-electron chi connectivity index (χ2n) is 6.20. The Hall–Kier alpha value is -1.79. The third kappa shape index (κ3) is 4.35. The van der Waals surface area contributed by atoms with Gasteiger partial charge in [0.05, 0.1) is 7.11 Å². The maximum absolute atomic E-state index is 11.8. The lowest BCUT2D eigenvalue weighted by molar-refractivity contribution is -0.147. The fourth-order valence-electron chi connectivity index (χ4n) is 3.72. The van der Waals surface area contributed by atoms with E-state index in [1.54, 1.807) is 0 Å². The van der Waals surface area contributed by atoms with Crippen LogP contribution in [0.25, 0.3) is 0 Å². The van der Waals surface area contributed by atoms with E-state index in [2.05, 4.69) is 15.4 Å². The number of hydrogen-bond donors (Lipinski definition) is 2. The van der Waals surface area contributed by atoms with Crippen molar-refractivity contribution in [2.24, 2.45) is 17.8 Å². The number of esters is 1. The van der Waals surface area contributed by atoms with Crippen LogP contribution in [0, 0.1) is 17.8 Å². The third-order valence-electron chi connectivity index (χ3n) is 4.75. The van der Waals surface area contributed by atoms with Crippen LogP contribution in [0.3, 0.4) is 0 Å². The smallest absolute Gasteiger partial charge is 0.407 e. The highest BCUT2D eigenvalue weighted by atomic mass is 16.5. The molecular formula is C15H24N2O5. The Labute approximate surface area is 130 Å². The molecule has 0 aliphatic heterocycles. The first-order chi connectivity index (χ1) is 10.5. The Balaban J connectivity index is 1.63. The highest BCUT2D eigenvalue weighted by Crippen LogP contribution is 2.49. The Bertz CT molecular complexity index is 440. The van der Waals surface area contributed by atoms with E-state index < -0.39 is 12.1 Å². The molecule has 22 heavy (non-hydrogen) atoms. The minimum atomic E-state index is -0.716. The van der Waals surface area contributed by atoms with Gasteiger partial charge in [-0.1, -0.05) is 6.42 Å². The van der Waals surface area contributed by atoms with E-state index in [9.17, 15) is 14.4 Å². The number of carbonyl (C=O) groups is 3. The molecule has 2 N–H and O–H groups in total. The van der Waals surface area contributed by atoms with Crippen LogP contribution in [0.15, 0.2) is 0 Å². The Morgan fingerprint density at radius 3 is 2.59 bits per heavy atom. The van der Waals surface area contributed by atoms with E-state index in [4.69, 9.17) is 4.74 Å². The van der Waals surface area contributed by atoms with Crippen molar-refractivity contribution in [3.05, 3.63) is 0 Å². The molecule has 2 amide bonds. The first-order valence-corrected chi connectivity index (χ1v) is 7.76. The number of carbonyl (C=O) groups excluding carboxylic acids is 3. The van der Waals surface area contributed by atoms with Crippen LogP contribution < -0.4 is 10.6 Å². The van der Waals surface area contributed by atoms with Gasteiger partial charge in [-0.2, -0.15) is 0 Å². The molecule has 7 heteroatoms. The molecule has 0 saturated heterocycles. The summed E-state index contributed by atoms with van der Waals surface area (Å²) < 4.78 is 9.13. The minimum Gasteiger partial charge on any atom is -0.454 e. The summed E-state index contributed by atoms with van der Waals surface area (Å²) in [5.41, 5.74) is 0. The Morgan fingerprint density at radius 1 is 1.23 bits per heavy atom. The maximum Gasteiger partial charge on any atom is 0.407 e. The van der Waals surface area contributed by atoms with E-state index in [1.165, 1.54) is 32.8 Å². The summed E-state index contributed by atoms with van der Waals surface area (Å²) in [5.74, 6) is 1.12. The average molecular weight is 312 g/mol. The summed E-state index contributed by atoms with van der Waals surface area (Å²) in [6, 6.07) is 0.106. The van der Waals surface area contributed by atoms with E-state index in [0.29, 0.717) is 5.92 Å². The van der Waals surface area contributed by atoms with Gasteiger partial charge in [-0.25, -0.2) is 4.79 Å². The summed E-state index contributed by atoms with van der Waals surface area (Å²) in [6.07, 6.45) is 4.36. The van der Waals surface area contributed by atoms with Gasteiger partial charge in [0.1, 0.15) is 6.54 Å². The number of amides is 2. The van der Waals surface area contributed by atoms with Gasteiger partial charge >= 0.3 is 12.1 Å². The van der Waals surface area contributed by atoms with Gasteiger partial charge in [0.15, 0.2) is 6.61 Å². The van der Waals surface area contributed by atoms with Crippen molar-refractivity contribution < 1.29 is 23.9 Å². The van der Waals surface area contributed by atoms with Crippen molar-refractivity contribution in [3.8, 4) is 0 Å². The fourth-order valence-corrected chi connectivity index (χ4v) is 3.72. The van der Waals surface area contributed by atoms with Crippen LogP contribution in [-0.2, 0) is 19.1 Å². The summed E-state index contributed by atoms with van der Waals surface area (Å²) in [6.45, 7) is 1.37. The number of methoxy groups -OCH3 is 1. The van der Waals surface area contributed by atoms with E-state index in [0.717, 1.165) is 11.8 Å². The summed E-state index contributed by atoms with van der Waals surface area (Å²) in [5, 5.41) is 5.10. The molecule has 2 aliphatic rings. The highest BCUT2D eigenvalue weighted by Gasteiger charge is 2.42. The molecule has 2 saturated carbocycles. The molecule has 2 rings (SSSR count). The fraction of sp³-hybridized carbons (Fsp3) is 0.800. The van der Waals surface area contributed by atoms with E-state index >= 15 is 0 Å². The number of fused-ring (bicyclic) bond motifs is 2. The van der Waals surface area contributed by atoms with Crippen molar-refractivity contribution in [1.82, 2.24) is 10.6 Å². The molecule has 7 nitrogen and oxygen atoms in total. The van der Waals surface area contributed by atoms with Crippen molar-refractivity contribution in [3.63, 3.8) is 0 Å². The first kappa shape index (κ1) is 16.6. The maximum atomic E-state index is 11.8. The minimum absolute atomic E-state index is 0.106. The van der Waals surface area contributed by atoms with Crippen LogP contribution in [0.2, 0.25) is 0 Å². The van der Waals surface area contributed by atoms with Gasteiger partial charge in [-0.05, 0) is 43.9 Å². The molecule has 0 heterocycles. The molecule has 0 spiro atoms. The zero-order valence-electron chi connectivity index (χ0n) is 13.1. The molecule has 0 aromatic carbocycles. The van der Waals surface area contributed by atoms with Gasteiger partial charge in [0, 0.05) is 6.04 Å². The van der Waals surface area contributed by atoms with Crippen LogP contribution >= 0.6 is 0 Å². The molecular weight excluding hydrogens is 288 g/mol. The largest absolute Gasteiger partial charge is 0.454 e. The summed E-state index contributed by atoms with van der Waals surface area (Å²) in [4.78, 5) is 33.9. The first-order valence-electron chi connectivity index (χ1n) is 7.76. The molecule has 0 aromatic heterocycles. The number of nitrogens with one attached hydrogen (secondary N) is 2. The van der Waals surface area contributed by atoms with Crippen LogP contribution in [0.5, 0.6) is 0 Å². The quantitative estimate of drug-likeness (QED) is 0.708. The number of alkyl carbamates (subject to hydrolysis) is 1. The number of ether oxygens (including phenoxy) is 2. The zero-order valence-corrected chi connectivity index (χ0v) is 13.1. The monoisotopic (exact) mass is 312 g/mol. The topological polar surface area (TPSA) is 93.7 Å². The molecule has 2 bridgehead atoms. The van der Waals surface area contributed by atoms with Crippen LogP contribution in [0.1, 0.15) is 32.6 Å². The van der Waals surface area contributed by atoms with Crippen molar-refractivity contribution >= 4 is 18.0 Å². The zero-order chi connectivity index (χ0) is 16.1. The van der Waals surface area contributed by atoms with E-state index in [1.807, 2.05) is 6.92 Å². The molecule has 2 fully saturated rings. The van der Waals surface area contributed by atoms with Crippen LogP contribution in [0.4, 0.5) is 4.79 Å². The summed E-state index contributed by atoms with van der Waals surface area (Å²) in [7, 11) is 1.20. The highest BCUT2D eigenvalue weighted by molar-refractivity contribution is 5.82. The average Bonchev–Trinajstić information content (AvgIpc) is 3.13. The molecule has 0 aromatic rings. The molecule has 4 atom stereocenters. The molecule has 124 valence electrons. The molecule has 0 radical (unpaired) electrons. The molecule has 0 unspecified atom stereocenters. The van der Waals surface area contributed by atoms with Crippen molar-refractivity contribution in [2.75, 3.05) is 20.3 Å². The Kier molecular flexibility index (Phi) is 5.63. The normalized spacial score (nSPS) is 27.1. The lowest BCUT2D eigenvalue weighted by Crippen LogP contribution is -2.42. The van der Waals surface area contributed by atoms with Gasteiger partial charge in [0.25, 0.3) is 5.91 Å². The predicted octanol–water partition coefficient (Wildman–Crippen LogP) is 0.826. The summed E-state index contributed by atoms with van der Waals surface area (Å²) >= 11 is 0. The lowest BCUT2D eigenvalue weighted by Gasteiger charge is -2.28. The Morgan fingerprint density at radius 2 is 2.00 bits per heavy atom. The van der Waals surface area contributed by atoms with Crippen molar-refractivity contribution in [2.45, 2.75) is 38.6 Å². The number of hydrogen-bond acceptors (Lipinski definition) is 5. The lowest BCUT2D eigenvalue weighted by atomic mass is 9.84.